The van der Waals surface area contributed by atoms with Crippen LogP contribution in [0.4, 0.5) is 5.69 Å². The van der Waals surface area contributed by atoms with Crippen LogP contribution in [-0.4, -0.2) is 6.54 Å². The van der Waals surface area contributed by atoms with E-state index in [1.165, 1.54) is 21.3 Å². The molecule has 2 heteroatoms. The van der Waals surface area contributed by atoms with Gasteiger partial charge in [-0.3, -0.25) is 0 Å². The molecule has 1 aliphatic heterocycles. The number of anilines is 1. The number of benzene rings is 1. The van der Waals surface area contributed by atoms with Crippen LogP contribution < -0.4 is 5.32 Å². The van der Waals surface area contributed by atoms with E-state index in [4.69, 9.17) is 0 Å². The van der Waals surface area contributed by atoms with Gasteiger partial charge in [0, 0.05) is 22.6 Å². The van der Waals surface area contributed by atoms with Gasteiger partial charge in [-0.15, -0.1) is 0 Å². The van der Waals surface area contributed by atoms with Crippen molar-refractivity contribution in [2.75, 3.05) is 11.9 Å². The lowest BCUT2D eigenvalue weighted by atomic mass is 10.0. The van der Waals surface area contributed by atoms with Gasteiger partial charge in [-0.25, -0.2) is 0 Å². The third-order valence-corrected chi connectivity index (χ3v) is 2.90. The zero-order valence-electron chi connectivity index (χ0n) is 7.32. The lowest BCUT2D eigenvalue weighted by Gasteiger charge is -2.06. The molecule has 0 saturated carbocycles. The largest absolute Gasteiger partial charge is 0.384 e. The average molecular weight is 226 g/mol. The van der Waals surface area contributed by atoms with Crippen LogP contribution in [0.1, 0.15) is 24.0 Å². The Morgan fingerprint density at radius 3 is 3.00 bits per heavy atom. The fraction of sp³-hybridized carbons (Fsp3) is 0.400. The Morgan fingerprint density at radius 1 is 1.50 bits per heavy atom. The van der Waals surface area contributed by atoms with E-state index in [1.807, 2.05) is 0 Å². The van der Waals surface area contributed by atoms with Crippen LogP contribution in [-0.2, 0) is 0 Å². The van der Waals surface area contributed by atoms with E-state index in [2.05, 4.69) is 47.2 Å². The molecular weight excluding hydrogens is 214 g/mol. The maximum atomic E-state index is 3.52. The molecule has 64 valence electrons. The van der Waals surface area contributed by atoms with E-state index in [9.17, 15) is 0 Å². The van der Waals surface area contributed by atoms with E-state index >= 15 is 0 Å². The molecule has 1 aliphatic rings. The van der Waals surface area contributed by atoms with Crippen LogP contribution in [0.15, 0.2) is 16.6 Å². The number of hydrogen-bond acceptors (Lipinski definition) is 1. The van der Waals surface area contributed by atoms with Gasteiger partial charge in [-0.1, -0.05) is 22.9 Å². The Morgan fingerprint density at radius 2 is 2.25 bits per heavy atom. The molecule has 1 aromatic rings. The molecule has 1 nitrogen and oxygen atoms in total. The van der Waals surface area contributed by atoms with Crippen LogP contribution in [0.3, 0.4) is 0 Å². The summed E-state index contributed by atoms with van der Waals surface area (Å²) in [5.74, 6) is 0.649. The Labute approximate surface area is 81.3 Å². The summed E-state index contributed by atoms with van der Waals surface area (Å²) in [6.45, 7) is 5.48. The van der Waals surface area contributed by atoms with Crippen molar-refractivity contribution < 1.29 is 0 Å². The normalized spacial score (nSPS) is 20.4. The Balaban J connectivity index is 2.60. The second kappa shape index (κ2) is 2.77. The summed E-state index contributed by atoms with van der Waals surface area (Å²) >= 11 is 3.52. The third-order valence-electron chi connectivity index (χ3n) is 2.45. The molecule has 1 aromatic carbocycles. The number of hydrogen-bond donors (Lipinski definition) is 1. The third kappa shape index (κ3) is 1.14. The number of nitrogens with one attached hydrogen (secondary N) is 1. The summed E-state index contributed by atoms with van der Waals surface area (Å²) in [4.78, 5) is 0. The molecule has 12 heavy (non-hydrogen) atoms. The maximum Gasteiger partial charge on any atom is 0.0406 e. The molecule has 0 saturated heterocycles. The molecule has 0 fully saturated rings. The Kier molecular flexibility index (Phi) is 1.87. The molecule has 1 N–H and O–H groups in total. The predicted molar refractivity (Wildman–Crippen MR) is 55.8 cm³/mol. The smallest absolute Gasteiger partial charge is 0.0406 e. The average Bonchev–Trinajstić information content (AvgIpc) is 2.33. The minimum Gasteiger partial charge on any atom is -0.384 e. The highest BCUT2D eigenvalue weighted by Gasteiger charge is 2.19. The first kappa shape index (κ1) is 8.11. The van der Waals surface area contributed by atoms with Crippen molar-refractivity contribution in [3.8, 4) is 0 Å². The monoisotopic (exact) mass is 225 g/mol. The molecule has 1 unspecified atom stereocenters. The summed E-state index contributed by atoms with van der Waals surface area (Å²) in [6.07, 6.45) is 0. The number of rotatable bonds is 0. The van der Waals surface area contributed by atoms with Gasteiger partial charge in [0.15, 0.2) is 0 Å². The molecule has 2 rings (SSSR count). The molecular formula is C10H12BrN. The molecule has 1 atom stereocenters. The van der Waals surface area contributed by atoms with E-state index in [0.29, 0.717) is 5.92 Å². The number of fused-ring (bicyclic) bond motifs is 1. The lowest BCUT2D eigenvalue weighted by molar-refractivity contribution is 0.853. The van der Waals surface area contributed by atoms with Gasteiger partial charge >= 0.3 is 0 Å². The van der Waals surface area contributed by atoms with E-state index < -0.39 is 0 Å². The van der Waals surface area contributed by atoms with Crippen molar-refractivity contribution in [3.63, 3.8) is 0 Å². The van der Waals surface area contributed by atoms with Crippen molar-refractivity contribution in [3.05, 3.63) is 27.7 Å². The molecule has 0 aliphatic carbocycles. The Hall–Kier alpha value is -0.500. The topological polar surface area (TPSA) is 12.0 Å². The SMILES string of the molecule is Cc1cc(Br)cc2c1NCC2C. The van der Waals surface area contributed by atoms with Gasteiger partial charge < -0.3 is 5.32 Å². The fourth-order valence-corrected chi connectivity index (χ4v) is 2.35. The summed E-state index contributed by atoms with van der Waals surface area (Å²) in [5.41, 5.74) is 4.12. The highest BCUT2D eigenvalue weighted by Crippen LogP contribution is 2.35. The second-order valence-corrected chi connectivity index (χ2v) is 4.38. The Bertz CT molecular complexity index is 320. The van der Waals surface area contributed by atoms with Crippen molar-refractivity contribution in [2.24, 2.45) is 0 Å². The van der Waals surface area contributed by atoms with Crippen LogP contribution in [0.5, 0.6) is 0 Å². The first-order chi connectivity index (χ1) is 5.68. The lowest BCUT2D eigenvalue weighted by Crippen LogP contribution is -1.96. The molecule has 0 amide bonds. The van der Waals surface area contributed by atoms with Gasteiger partial charge in [-0.05, 0) is 30.2 Å². The van der Waals surface area contributed by atoms with Crippen molar-refractivity contribution >= 4 is 21.6 Å². The zero-order valence-corrected chi connectivity index (χ0v) is 8.90. The number of aryl methyl sites for hydroxylation is 1. The predicted octanol–water partition coefficient (Wildman–Crippen LogP) is 3.29. The van der Waals surface area contributed by atoms with Crippen molar-refractivity contribution in [1.29, 1.82) is 0 Å². The summed E-state index contributed by atoms with van der Waals surface area (Å²) in [7, 11) is 0. The molecule has 1 heterocycles. The minimum atomic E-state index is 0.649. The molecule has 0 aromatic heterocycles. The quantitative estimate of drug-likeness (QED) is 0.715. The standard InChI is InChI=1S/C10H12BrN/c1-6-3-8(11)4-9-7(2)5-12-10(6)9/h3-4,7,12H,5H2,1-2H3. The van der Waals surface area contributed by atoms with Crippen molar-refractivity contribution in [1.82, 2.24) is 0 Å². The fourth-order valence-electron chi connectivity index (χ4n) is 1.76. The van der Waals surface area contributed by atoms with E-state index in [1.54, 1.807) is 0 Å². The molecule has 0 spiro atoms. The summed E-state index contributed by atoms with van der Waals surface area (Å²) in [5, 5.41) is 3.42. The van der Waals surface area contributed by atoms with Crippen LogP contribution >= 0.6 is 15.9 Å². The first-order valence-electron chi connectivity index (χ1n) is 4.22. The van der Waals surface area contributed by atoms with Gasteiger partial charge in [0.05, 0.1) is 0 Å². The van der Waals surface area contributed by atoms with Crippen molar-refractivity contribution in [2.45, 2.75) is 19.8 Å². The van der Waals surface area contributed by atoms with Gasteiger partial charge in [0.2, 0.25) is 0 Å². The highest BCUT2D eigenvalue weighted by atomic mass is 79.9. The number of halogens is 1. The maximum absolute atomic E-state index is 3.52. The van der Waals surface area contributed by atoms with Gasteiger partial charge in [-0.2, -0.15) is 0 Å². The minimum absolute atomic E-state index is 0.649. The van der Waals surface area contributed by atoms with E-state index in [0.717, 1.165) is 6.54 Å². The molecule has 0 bridgehead atoms. The summed E-state index contributed by atoms with van der Waals surface area (Å²) in [6, 6.07) is 4.37. The van der Waals surface area contributed by atoms with Gasteiger partial charge in [0.25, 0.3) is 0 Å². The van der Waals surface area contributed by atoms with Crippen LogP contribution in [0, 0.1) is 6.92 Å². The zero-order chi connectivity index (χ0) is 8.72. The van der Waals surface area contributed by atoms with Gasteiger partial charge in [0.1, 0.15) is 0 Å². The van der Waals surface area contributed by atoms with Crippen LogP contribution in [0.2, 0.25) is 0 Å². The van der Waals surface area contributed by atoms with E-state index in [-0.39, 0.29) is 0 Å². The van der Waals surface area contributed by atoms with Crippen LogP contribution in [0.25, 0.3) is 0 Å². The second-order valence-electron chi connectivity index (χ2n) is 3.47. The first-order valence-corrected chi connectivity index (χ1v) is 5.01. The molecule has 0 radical (unpaired) electrons. The summed E-state index contributed by atoms with van der Waals surface area (Å²) < 4.78 is 1.19. The highest BCUT2D eigenvalue weighted by molar-refractivity contribution is 9.10.